The Morgan fingerprint density at radius 1 is 1.15 bits per heavy atom. The maximum Gasteiger partial charge on any atom is 0.230 e. The van der Waals surface area contributed by atoms with Gasteiger partial charge in [0.1, 0.15) is 0 Å². The van der Waals surface area contributed by atoms with E-state index in [2.05, 4.69) is 52.0 Å². The van der Waals surface area contributed by atoms with Gasteiger partial charge in [0, 0.05) is 0 Å². The molecule has 0 saturated carbocycles. The van der Waals surface area contributed by atoms with E-state index in [-0.39, 0.29) is 17.7 Å². The molecule has 1 heterocycles. The number of aromatic nitrogens is 4. The Balaban J connectivity index is 1.57. The molecule has 0 saturated heterocycles. The number of para-hydroxylation sites is 1. The first kappa shape index (κ1) is 18.1. The van der Waals surface area contributed by atoms with Crippen molar-refractivity contribution in [1.29, 1.82) is 0 Å². The van der Waals surface area contributed by atoms with Gasteiger partial charge < -0.3 is 5.32 Å². The minimum absolute atomic E-state index is 0.0425. The first-order valence-corrected chi connectivity index (χ1v) is 9.50. The number of hydrogen-bond acceptors (Lipinski definition) is 5. The second kappa shape index (κ2) is 8.62. The van der Waals surface area contributed by atoms with Gasteiger partial charge in [-0.15, -0.1) is 5.10 Å². The Bertz CT molecular complexity index is 848. The Kier molecular flexibility index (Phi) is 6.01. The summed E-state index contributed by atoms with van der Waals surface area (Å²) in [6.45, 7) is 4.11. The highest BCUT2D eigenvalue weighted by atomic mass is 32.2. The highest BCUT2D eigenvalue weighted by molar-refractivity contribution is 7.99. The van der Waals surface area contributed by atoms with E-state index >= 15 is 0 Å². The number of hydrogen-bond donors (Lipinski definition) is 1. The number of tetrazole rings is 1. The normalized spacial score (nSPS) is 11.9. The zero-order valence-corrected chi connectivity index (χ0v) is 15.6. The third-order valence-electron chi connectivity index (χ3n) is 4.04. The lowest BCUT2D eigenvalue weighted by Crippen LogP contribution is -2.28. The molecule has 3 aromatic rings. The smallest absolute Gasteiger partial charge is 0.230 e. The molecule has 6 nitrogen and oxygen atoms in total. The minimum atomic E-state index is -0.0512. The molecule has 134 valence electrons. The van der Waals surface area contributed by atoms with E-state index in [9.17, 15) is 4.79 Å². The number of aryl methyl sites for hydroxylation is 1. The fourth-order valence-electron chi connectivity index (χ4n) is 2.54. The summed E-state index contributed by atoms with van der Waals surface area (Å²) >= 11 is 1.31. The molecule has 1 N–H and O–H groups in total. The van der Waals surface area contributed by atoms with E-state index in [1.165, 1.54) is 17.3 Å². The van der Waals surface area contributed by atoms with E-state index in [1.54, 1.807) is 4.68 Å². The number of thioether (sulfide) groups is 1. The van der Waals surface area contributed by atoms with Gasteiger partial charge in [-0.05, 0) is 47.0 Å². The predicted octanol–water partition coefficient (Wildman–Crippen LogP) is 3.19. The molecule has 0 aliphatic carbocycles. The monoisotopic (exact) mass is 367 g/mol. The van der Waals surface area contributed by atoms with Crippen LogP contribution in [0.3, 0.4) is 0 Å². The quantitative estimate of drug-likeness (QED) is 0.649. The summed E-state index contributed by atoms with van der Waals surface area (Å²) in [6, 6.07) is 17.9. The van der Waals surface area contributed by atoms with E-state index in [0.29, 0.717) is 5.16 Å². The van der Waals surface area contributed by atoms with E-state index < -0.39 is 0 Å². The van der Waals surface area contributed by atoms with Crippen LogP contribution in [0.2, 0.25) is 0 Å². The fourth-order valence-corrected chi connectivity index (χ4v) is 3.24. The molecule has 3 rings (SSSR count). The van der Waals surface area contributed by atoms with E-state index in [4.69, 9.17) is 0 Å². The van der Waals surface area contributed by atoms with Crippen LogP contribution < -0.4 is 5.32 Å². The average molecular weight is 367 g/mol. The molecule has 0 bridgehead atoms. The number of benzene rings is 2. The zero-order valence-electron chi connectivity index (χ0n) is 14.8. The Morgan fingerprint density at radius 2 is 1.88 bits per heavy atom. The van der Waals surface area contributed by atoms with Crippen LogP contribution in [0.1, 0.15) is 31.0 Å². The van der Waals surface area contributed by atoms with Crippen LogP contribution in [0, 0.1) is 0 Å². The Morgan fingerprint density at radius 3 is 2.58 bits per heavy atom. The summed E-state index contributed by atoms with van der Waals surface area (Å²) in [7, 11) is 0. The topological polar surface area (TPSA) is 72.7 Å². The average Bonchev–Trinajstić information content (AvgIpc) is 3.16. The van der Waals surface area contributed by atoms with Gasteiger partial charge in [-0.1, -0.05) is 61.2 Å². The van der Waals surface area contributed by atoms with Gasteiger partial charge in [-0.25, -0.2) is 0 Å². The molecule has 0 fully saturated rings. The van der Waals surface area contributed by atoms with Crippen molar-refractivity contribution in [3.8, 4) is 5.69 Å². The third kappa shape index (κ3) is 4.49. The highest BCUT2D eigenvalue weighted by Crippen LogP contribution is 2.19. The van der Waals surface area contributed by atoms with Crippen molar-refractivity contribution in [2.75, 3.05) is 5.75 Å². The molecule has 26 heavy (non-hydrogen) atoms. The van der Waals surface area contributed by atoms with Gasteiger partial charge in [0.05, 0.1) is 17.5 Å². The van der Waals surface area contributed by atoms with Crippen LogP contribution >= 0.6 is 11.8 Å². The van der Waals surface area contributed by atoms with Crippen molar-refractivity contribution < 1.29 is 4.79 Å². The predicted molar refractivity (Wildman–Crippen MR) is 102 cm³/mol. The molecular formula is C19H21N5OS. The standard InChI is InChI=1S/C19H21N5OS/c1-3-15-9-11-16(12-10-15)14(2)20-18(25)13-26-19-21-22-23-24(19)17-7-5-4-6-8-17/h4-12,14H,3,13H2,1-2H3,(H,20,25). The SMILES string of the molecule is CCc1ccc(C(C)NC(=O)CSc2nnnn2-c2ccccc2)cc1. The summed E-state index contributed by atoms with van der Waals surface area (Å²) < 4.78 is 1.63. The molecular weight excluding hydrogens is 346 g/mol. The van der Waals surface area contributed by atoms with Crippen LogP contribution in [0.5, 0.6) is 0 Å². The van der Waals surface area contributed by atoms with Gasteiger partial charge in [-0.2, -0.15) is 4.68 Å². The summed E-state index contributed by atoms with van der Waals surface area (Å²) in [6.07, 6.45) is 1.01. The van der Waals surface area contributed by atoms with Crippen LogP contribution in [-0.4, -0.2) is 31.9 Å². The number of carbonyl (C=O) groups excluding carboxylic acids is 1. The lowest BCUT2D eigenvalue weighted by atomic mass is 10.1. The number of carbonyl (C=O) groups is 1. The van der Waals surface area contributed by atoms with Crippen molar-refractivity contribution in [2.24, 2.45) is 0 Å². The third-order valence-corrected chi connectivity index (χ3v) is 4.96. The number of nitrogens with zero attached hydrogens (tertiary/aromatic N) is 4. The van der Waals surface area contributed by atoms with Crippen LogP contribution in [0.15, 0.2) is 59.8 Å². The van der Waals surface area contributed by atoms with Gasteiger partial charge in [0.15, 0.2) is 0 Å². The van der Waals surface area contributed by atoms with Crippen molar-refractivity contribution in [2.45, 2.75) is 31.5 Å². The van der Waals surface area contributed by atoms with Crippen molar-refractivity contribution in [3.05, 3.63) is 65.7 Å². The number of rotatable bonds is 7. The summed E-state index contributed by atoms with van der Waals surface area (Å²) in [5, 5.41) is 15.3. The van der Waals surface area contributed by atoms with Crippen LogP contribution in [0.4, 0.5) is 0 Å². The zero-order chi connectivity index (χ0) is 18.4. The molecule has 1 aromatic heterocycles. The summed E-state index contributed by atoms with van der Waals surface area (Å²) in [5.41, 5.74) is 3.25. The maximum absolute atomic E-state index is 12.3. The van der Waals surface area contributed by atoms with Crippen molar-refractivity contribution in [3.63, 3.8) is 0 Å². The number of nitrogens with one attached hydrogen (secondary N) is 1. The first-order valence-electron chi connectivity index (χ1n) is 8.52. The largest absolute Gasteiger partial charge is 0.349 e. The molecule has 7 heteroatoms. The Labute approximate surface area is 157 Å². The number of amides is 1. The second-order valence-electron chi connectivity index (χ2n) is 5.88. The maximum atomic E-state index is 12.3. The molecule has 0 aliphatic heterocycles. The molecule has 1 atom stereocenters. The van der Waals surface area contributed by atoms with E-state index in [0.717, 1.165) is 17.7 Å². The summed E-state index contributed by atoms with van der Waals surface area (Å²) in [5.74, 6) is 0.203. The minimum Gasteiger partial charge on any atom is -0.349 e. The lowest BCUT2D eigenvalue weighted by molar-refractivity contribution is -0.119. The lowest BCUT2D eigenvalue weighted by Gasteiger charge is -2.14. The molecule has 1 amide bonds. The highest BCUT2D eigenvalue weighted by Gasteiger charge is 2.13. The molecule has 0 aliphatic rings. The van der Waals surface area contributed by atoms with E-state index in [1.807, 2.05) is 37.3 Å². The van der Waals surface area contributed by atoms with Crippen LogP contribution in [0.25, 0.3) is 5.69 Å². The van der Waals surface area contributed by atoms with Crippen molar-refractivity contribution in [1.82, 2.24) is 25.5 Å². The molecule has 0 radical (unpaired) electrons. The molecule has 0 spiro atoms. The fraction of sp³-hybridized carbons (Fsp3) is 0.263. The van der Waals surface area contributed by atoms with Crippen LogP contribution in [-0.2, 0) is 11.2 Å². The molecule has 2 aromatic carbocycles. The Hall–Kier alpha value is -2.67. The first-order chi connectivity index (χ1) is 12.7. The van der Waals surface area contributed by atoms with Crippen molar-refractivity contribution >= 4 is 17.7 Å². The summed E-state index contributed by atoms with van der Waals surface area (Å²) in [4.78, 5) is 12.3. The second-order valence-corrected chi connectivity index (χ2v) is 6.82. The van der Waals surface area contributed by atoms with Gasteiger partial charge in [-0.3, -0.25) is 4.79 Å². The van der Waals surface area contributed by atoms with Gasteiger partial charge >= 0.3 is 0 Å². The van der Waals surface area contributed by atoms with Gasteiger partial charge in [0.2, 0.25) is 11.1 Å². The molecule has 1 unspecified atom stereocenters. The van der Waals surface area contributed by atoms with Gasteiger partial charge in [0.25, 0.3) is 0 Å².